The number of esters is 1. The standard InChI is InChI=1S/C16H18F3NO4/c17-16(18,19)12-4-1-3-11(7-12)8-15(22)24-10-14(21)20-9-13-5-2-6-23-13/h1,3-4,7,13H,2,5-6,8-10H2,(H,20,21)/t13-/m1/s1. The van der Waals surface area contributed by atoms with Crippen molar-refractivity contribution in [2.45, 2.75) is 31.5 Å². The number of alkyl halides is 3. The fourth-order valence-electron chi connectivity index (χ4n) is 2.31. The third-order valence-electron chi connectivity index (χ3n) is 3.52. The van der Waals surface area contributed by atoms with Gasteiger partial charge in [-0.15, -0.1) is 0 Å². The van der Waals surface area contributed by atoms with Crippen molar-refractivity contribution in [3.8, 4) is 0 Å². The molecule has 1 saturated heterocycles. The molecule has 5 nitrogen and oxygen atoms in total. The van der Waals surface area contributed by atoms with Gasteiger partial charge in [-0.1, -0.05) is 18.2 Å². The molecule has 0 aromatic heterocycles. The number of hydrogen-bond acceptors (Lipinski definition) is 4. The van der Waals surface area contributed by atoms with E-state index in [9.17, 15) is 22.8 Å². The molecule has 0 radical (unpaired) electrons. The second-order valence-corrected chi connectivity index (χ2v) is 5.47. The van der Waals surface area contributed by atoms with Gasteiger partial charge in [0.05, 0.1) is 18.1 Å². The molecule has 8 heteroatoms. The molecular formula is C16H18F3NO4. The molecule has 1 aromatic carbocycles. The fourth-order valence-corrected chi connectivity index (χ4v) is 2.31. The summed E-state index contributed by atoms with van der Waals surface area (Å²) >= 11 is 0. The summed E-state index contributed by atoms with van der Waals surface area (Å²) in [4.78, 5) is 23.2. The lowest BCUT2D eigenvalue weighted by atomic mass is 10.1. The van der Waals surface area contributed by atoms with Gasteiger partial charge in [-0.25, -0.2) is 0 Å². The highest BCUT2D eigenvalue weighted by Crippen LogP contribution is 2.29. The van der Waals surface area contributed by atoms with Crippen molar-refractivity contribution in [2.75, 3.05) is 19.8 Å². The first-order valence-electron chi connectivity index (χ1n) is 7.54. The summed E-state index contributed by atoms with van der Waals surface area (Å²) < 4.78 is 47.9. The van der Waals surface area contributed by atoms with Crippen molar-refractivity contribution in [2.24, 2.45) is 0 Å². The van der Waals surface area contributed by atoms with Gasteiger partial charge in [0.1, 0.15) is 0 Å². The Morgan fingerprint density at radius 1 is 1.33 bits per heavy atom. The second kappa shape index (κ2) is 8.14. The zero-order valence-corrected chi connectivity index (χ0v) is 12.9. The van der Waals surface area contributed by atoms with E-state index < -0.39 is 30.2 Å². The van der Waals surface area contributed by atoms with Crippen molar-refractivity contribution in [3.05, 3.63) is 35.4 Å². The highest BCUT2D eigenvalue weighted by molar-refractivity contribution is 5.81. The zero-order chi connectivity index (χ0) is 17.6. The molecule has 2 rings (SSSR count). The van der Waals surface area contributed by atoms with Gasteiger partial charge in [-0.2, -0.15) is 13.2 Å². The molecule has 132 valence electrons. The summed E-state index contributed by atoms with van der Waals surface area (Å²) in [5.41, 5.74) is -0.656. The zero-order valence-electron chi connectivity index (χ0n) is 12.9. The lowest BCUT2D eigenvalue weighted by Crippen LogP contribution is -2.35. The Hall–Kier alpha value is -2.09. The molecule has 0 unspecified atom stereocenters. The summed E-state index contributed by atoms with van der Waals surface area (Å²) in [5.74, 6) is -1.23. The Morgan fingerprint density at radius 3 is 2.79 bits per heavy atom. The van der Waals surface area contributed by atoms with Gasteiger partial charge in [0, 0.05) is 13.2 Å². The Balaban J connectivity index is 1.73. The SMILES string of the molecule is O=C(COC(=O)Cc1cccc(C(F)(F)F)c1)NC[C@H]1CCCO1. The minimum atomic E-state index is -4.47. The van der Waals surface area contributed by atoms with Crippen LogP contribution in [0, 0.1) is 0 Å². The summed E-state index contributed by atoms with van der Waals surface area (Å²) in [6.45, 7) is 0.557. The number of rotatable bonds is 6. The number of benzene rings is 1. The molecule has 1 fully saturated rings. The molecule has 1 aromatic rings. The number of hydrogen-bond donors (Lipinski definition) is 1. The highest BCUT2D eigenvalue weighted by Gasteiger charge is 2.30. The van der Waals surface area contributed by atoms with Gasteiger partial charge >= 0.3 is 12.1 Å². The van der Waals surface area contributed by atoms with Crippen LogP contribution >= 0.6 is 0 Å². The summed E-state index contributed by atoms with van der Waals surface area (Å²) in [6, 6.07) is 4.43. The number of carbonyl (C=O) groups is 2. The predicted molar refractivity (Wildman–Crippen MR) is 78.1 cm³/mol. The molecule has 24 heavy (non-hydrogen) atoms. The average molecular weight is 345 g/mol. The highest BCUT2D eigenvalue weighted by atomic mass is 19.4. The molecule has 0 aliphatic carbocycles. The lowest BCUT2D eigenvalue weighted by molar-refractivity contribution is -0.148. The third-order valence-corrected chi connectivity index (χ3v) is 3.52. The van der Waals surface area contributed by atoms with Gasteiger partial charge in [0.25, 0.3) is 5.91 Å². The fraction of sp³-hybridized carbons (Fsp3) is 0.500. The van der Waals surface area contributed by atoms with Gasteiger partial charge < -0.3 is 14.8 Å². The molecule has 1 aliphatic heterocycles. The Bertz CT molecular complexity index is 583. The van der Waals surface area contributed by atoms with Crippen LogP contribution in [0.25, 0.3) is 0 Å². The molecule has 1 atom stereocenters. The van der Waals surface area contributed by atoms with Crippen LogP contribution < -0.4 is 5.32 Å². The normalized spacial score (nSPS) is 17.5. The number of amides is 1. The van der Waals surface area contributed by atoms with E-state index in [4.69, 9.17) is 9.47 Å². The molecule has 1 aliphatic rings. The van der Waals surface area contributed by atoms with Gasteiger partial charge in [-0.05, 0) is 24.5 Å². The van der Waals surface area contributed by atoms with E-state index in [2.05, 4.69) is 5.32 Å². The number of nitrogens with one attached hydrogen (secondary N) is 1. The smallest absolute Gasteiger partial charge is 0.416 e. The van der Waals surface area contributed by atoms with E-state index in [1.807, 2.05) is 0 Å². The van der Waals surface area contributed by atoms with Crippen molar-refractivity contribution in [1.29, 1.82) is 0 Å². The maximum Gasteiger partial charge on any atom is 0.416 e. The minimum absolute atomic E-state index is 0.0187. The molecular weight excluding hydrogens is 327 g/mol. The molecule has 0 saturated carbocycles. The lowest BCUT2D eigenvalue weighted by Gasteiger charge is -2.11. The second-order valence-electron chi connectivity index (χ2n) is 5.47. The Labute approximate surface area is 137 Å². The first-order valence-corrected chi connectivity index (χ1v) is 7.54. The van der Waals surface area contributed by atoms with Crippen LogP contribution in [0.2, 0.25) is 0 Å². The van der Waals surface area contributed by atoms with Crippen LogP contribution in [0.1, 0.15) is 24.0 Å². The predicted octanol–water partition coefficient (Wildman–Crippen LogP) is 2.09. The number of ether oxygens (including phenoxy) is 2. The minimum Gasteiger partial charge on any atom is -0.455 e. The van der Waals surface area contributed by atoms with Crippen molar-refractivity contribution >= 4 is 11.9 Å². The van der Waals surface area contributed by atoms with Gasteiger partial charge in [0.15, 0.2) is 6.61 Å². The van der Waals surface area contributed by atoms with Crippen LogP contribution in [0.4, 0.5) is 13.2 Å². The maximum atomic E-state index is 12.6. The first kappa shape index (κ1) is 18.3. The summed E-state index contributed by atoms with van der Waals surface area (Å²) in [7, 11) is 0. The summed E-state index contributed by atoms with van der Waals surface area (Å²) in [6.07, 6.45) is -3.00. The van der Waals surface area contributed by atoms with E-state index in [0.29, 0.717) is 13.2 Å². The van der Waals surface area contributed by atoms with Gasteiger partial charge in [0.2, 0.25) is 0 Å². The van der Waals surface area contributed by atoms with E-state index in [0.717, 1.165) is 25.0 Å². The van der Waals surface area contributed by atoms with Gasteiger partial charge in [-0.3, -0.25) is 9.59 Å². The maximum absolute atomic E-state index is 12.6. The average Bonchev–Trinajstić information content (AvgIpc) is 3.04. The molecule has 1 heterocycles. The molecule has 0 spiro atoms. The van der Waals surface area contributed by atoms with Crippen LogP contribution in [0.3, 0.4) is 0 Å². The summed E-state index contributed by atoms with van der Waals surface area (Å²) in [5, 5.41) is 2.58. The molecule has 1 N–H and O–H groups in total. The van der Waals surface area contributed by atoms with E-state index in [-0.39, 0.29) is 18.1 Å². The topological polar surface area (TPSA) is 64.6 Å². The van der Waals surface area contributed by atoms with Crippen molar-refractivity contribution in [1.82, 2.24) is 5.32 Å². The quantitative estimate of drug-likeness (QED) is 0.802. The first-order chi connectivity index (χ1) is 11.3. The third kappa shape index (κ3) is 5.84. The van der Waals surface area contributed by atoms with Crippen LogP contribution in [0.15, 0.2) is 24.3 Å². The van der Waals surface area contributed by atoms with Crippen LogP contribution in [-0.4, -0.2) is 37.7 Å². The largest absolute Gasteiger partial charge is 0.455 e. The van der Waals surface area contributed by atoms with Crippen molar-refractivity contribution in [3.63, 3.8) is 0 Å². The molecule has 0 bridgehead atoms. The van der Waals surface area contributed by atoms with Crippen molar-refractivity contribution < 1.29 is 32.2 Å². The Kier molecular flexibility index (Phi) is 6.19. The van der Waals surface area contributed by atoms with Crippen LogP contribution in [-0.2, 0) is 31.7 Å². The van der Waals surface area contributed by atoms with Crippen LogP contribution in [0.5, 0.6) is 0 Å². The monoisotopic (exact) mass is 345 g/mol. The number of carbonyl (C=O) groups excluding carboxylic acids is 2. The molecule has 1 amide bonds. The van der Waals surface area contributed by atoms with E-state index in [1.165, 1.54) is 12.1 Å². The Morgan fingerprint density at radius 2 is 2.12 bits per heavy atom. The van der Waals surface area contributed by atoms with E-state index >= 15 is 0 Å². The number of halogens is 3. The van der Waals surface area contributed by atoms with E-state index in [1.54, 1.807) is 0 Å².